The van der Waals surface area contributed by atoms with Crippen LogP contribution in [0.15, 0.2) is 24.7 Å². The number of pyridine rings is 1. The molecule has 2 aromatic heterocycles. The number of alkyl halides is 3. The summed E-state index contributed by atoms with van der Waals surface area (Å²) in [6.45, 7) is 1.61. The molecule has 0 atom stereocenters. The van der Waals surface area contributed by atoms with E-state index in [1.54, 1.807) is 6.92 Å². The number of aryl methyl sites for hydroxylation is 1. The number of aromatic nitrogens is 2. The molecule has 0 amide bonds. The zero-order chi connectivity index (χ0) is 15.8. The molecule has 0 saturated carbocycles. The number of nitriles is 1. The van der Waals surface area contributed by atoms with Crippen LogP contribution in [0.3, 0.4) is 0 Å². The summed E-state index contributed by atoms with van der Waals surface area (Å²) in [4.78, 5) is 14.8. The topological polar surface area (TPSA) is 78.9 Å². The van der Waals surface area contributed by atoms with Gasteiger partial charge < -0.3 is 9.67 Å². The van der Waals surface area contributed by atoms with Gasteiger partial charge in [-0.2, -0.15) is 18.4 Å². The summed E-state index contributed by atoms with van der Waals surface area (Å²) < 4.78 is 39.4. The summed E-state index contributed by atoms with van der Waals surface area (Å²) in [7, 11) is 0. The second kappa shape index (κ2) is 4.94. The highest BCUT2D eigenvalue weighted by Crippen LogP contribution is 2.33. The third kappa shape index (κ3) is 2.58. The van der Waals surface area contributed by atoms with Crippen molar-refractivity contribution in [2.45, 2.75) is 13.1 Å². The van der Waals surface area contributed by atoms with Crippen molar-refractivity contribution in [3.05, 3.63) is 46.9 Å². The molecule has 2 heterocycles. The molecule has 2 aromatic rings. The lowest BCUT2D eigenvalue weighted by atomic mass is 10.1. The average molecular weight is 295 g/mol. The van der Waals surface area contributed by atoms with Gasteiger partial charge in [0.1, 0.15) is 6.07 Å². The van der Waals surface area contributed by atoms with Gasteiger partial charge in [0.25, 0.3) is 0 Å². The lowest BCUT2D eigenvalue weighted by molar-refractivity contribution is -0.138. The number of carbonyl (C=O) groups is 1. The molecule has 2 rings (SSSR count). The van der Waals surface area contributed by atoms with Gasteiger partial charge >= 0.3 is 12.1 Å². The van der Waals surface area contributed by atoms with Crippen molar-refractivity contribution in [2.75, 3.05) is 0 Å². The molecule has 0 aliphatic rings. The average Bonchev–Trinajstić information content (AvgIpc) is 2.83. The van der Waals surface area contributed by atoms with Crippen molar-refractivity contribution < 1.29 is 23.1 Å². The highest BCUT2D eigenvalue weighted by Gasteiger charge is 2.37. The van der Waals surface area contributed by atoms with E-state index < -0.39 is 23.3 Å². The number of hydrogen-bond donors (Lipinski definition) is 1. The quantitative estimate of drug-likeness (QED) is 0.924. The van der Waals surface area contributed by atoms with Crippen LogP contribution in [-0.2, 0) is 6.18 Å². The molecule has 0 bridgehead atoms. The van der Waals surface area contributed by atoms with Gasteiger partial charge in [0.15, 0.2) is 5.82 Å². The van der Waals surface area contributed by atoms with E-state index in [2.05, 4.69) is 4.98 Å². The lowest BCUT2D eigenvalue weighted by Crippen LogP contribution is -2.09. The third-order valence-corrected chi connectivity index (χ3v) is 2.86. The van der Waals surface area contributed by atoms with Crippen molar-refractivity contribution >= 4 is 5.97 Å². The maximum Gasteiger partial charge on any atom is 0.418 e. The minimum Gasteiger partial charge on any atom is -0.478 e. The Morgan fingerprint density at radius 1 is 1.43 bits per heavy atom. The Labute approximate surface area is 116 Å². The SMILES string of the molecule is Cc1ccnc(-n2cc(C(=O)O)c(C(F)(F)F)c2)c1C#N. The number of rotatable bonds is 2. The Morgan fingerprint density at radius 3 is 2.57 bits per heavy atom. The molecule has 8 heteroatoms. The van der Waals surface area contributed by atoms with E-state index in [4.69, 9.17) is 10.4 Å². The highest BCUT2D eigenvalue weighted by molar-refractivity contribution is 5.89. The van der Waals surface area contributed by atoms with Gasteiger partial charge in [0.05, 0.1) is 16.7 Å². The van der Waals surface area contributed by atoms with Crippen LogP contribution in [-0.4, -0.2) is 20.6 Å². The van der Waals surface area contributed by atoms with Gasteiger partial charge in [0, 0.05) is 18.6 Å². The summed E-state index contributed by atoms with van der Waals surface area (Å²) in [5.41, 5.74) is -1.57. The van der Waals surface area contributed by atoms with Gasteiger partial charge in [-0.1, -0.05) is 0 Å². The van der Waals surface area contributed by atoms with Gasteiger partial charge in [-0.25, -0.2) is 9.78 Å². The number of hydrogen-bond acceptors (Lipinski definition) is 3. The molecule has 0 aromatic carbocycles. The first kappa shape index (κ1) is 14.6. The van der Waals surface area contributed by atoms with E-state index >= 15 is 0 Å². The Hall–Kier alpha value is -2.82. The molecule has 0 aliphatic heterocycles. The first-order chi connectivity index (χ1) is 9.75. The van der Waals surface area contributed by atoms with E-state index in [1.807, 2.05) is 6.07 Å². The Balaban J connectivity index is 2.71. The molecule has 0 saturated heterocycles. The van der Waals surface area contributed by atoms with Crippen LogP contribution in [0.1, 0.15) is 27.0 Å². The van der Waals surface area contributed by atoms with E-state index in [0.29, 0.717) is 11.8 Å². The minimum absolute atomic E-state index is 0.0458. The fourth-order valence-corrected chi connectivity index (χ4v) is 1.85. The minimum atomic E-state index is -4.81. The Bertz CT molecular complexity index is 757. The predicted octanol–water partition coefficient (Wildman–Crippen LogP) is 2.77. The highest BCUT2D eigenvalue weighted by atomic mass is 19.4. The lowest BCUT2D eigenvalue weighted by Gasteiger charge is -2.06. The van der Waals surface area contributed by atoms with Crippen molar-refractivity contribution in [2.24, 2.45) is 0 Å². The molecular weight excluding hydrogens is 287 g/mol. The molecule has 0 radical (unpaired) electrons. The number of halogens is 3. The number of carboxylic acids is 1. The van der Waals surface area contributed by atoms with Crippen LogP contribution in [0.5, 0.6) is 0 Å². The first-order valence-corrected chi connectivity index (χ1v) is 5.64. The van der Waals surface area contributed by atoms with E-state index in [9.17, 15) is 18.0 Å². The summed E-state index contributed by atoms with van der Waals surface area (Å²) >= 11 is 0. The molecule has 108 valence electrons. The summed E-state index contributed by atoms with van der Waals surface area (Å²) in [6.07, 6.45) is -2.06. The summed E-state index contributed by atoms with van der Waals surface area (Å²) in [5, 5.41) is 17.9. The zero-order valence-corrected chi connectivity index (χ0v) is 10.6. The number of aromatic carboxylic acids is 1. The molecule has 21 heavy (non-hydrogen) atoms. The van der Waals surface area contributed by atoms with Crippen LogP contribution < -0.4 is 0 Å². The fraction of sp³-hybridized carbons (Fsp3) is 0.154. The largest absolute Gasteiger partial charge is 0.478 e. The van der Waals surface area contributed by atoms with E-state index in [1.165, 1.54) is 12.3 Å². The number of carboxylic acid groups (broad SMARTS) is 1. The van der Waals surface area contributed by atoms with Gasteiger partial charge in [-0.3, -0.25) is 0 Å². The van der Waals surface area contributed by atoms with Crippen LogP contribution in [0, 0.1) is 18.3 Å². The van der Waals surface area contributed by atoms with Crippen molar-refractivity contribution in [3.8, 4) is 11.9 Å². The maximum atomic E-state index is 12.8. The number of nitrogens with zero attached hydrogens (tertiary/aromatic N) is 3. The Kier molecular flexibility index (Phi) is 3.43. The second-order valence-corrected chi connectivity index (χ2v) is 4.23. The molecule has 0 spiro atoms. The predicted molar refractivity (Wildman–Crippen MR) is 65.0 cm³/mol. The zero-order valence-electron chi connectivity index (χ0n) is 10.6. The standard InChI is InChI=1S/C13H8F3N3O2/c1-7-2-3-18-11(8(7)4-17)19-5-9(12(20)21)10(6-19)13(14,15)16/h2-3,5-6H,1H3,(H,20,21). The Morgan fingerprint density at radius 2 is 2.10 bits per heavy atom. The fourth-order valence-electron chi connectivity index (χ4n) is 1.85. The second-order valence-electron chi connectivity index (χ2n) is 4.23. The molecule has 5 nitrogen and oxygen atoms in total. The first-order valence-electron chi connectivity index (χ1n) is 5.64. The molecule has 0 aliphatic carbocycles. The van der Waals surface area contributed by atoms with Crippen molar-refractivity contribution in [1.82, 2.24) is 9.55 Å². The van der Waals surface area contributed by atoms with Gasteiger partial charge in [-0.05, 0) is 18.6 Å². The molecule has 0 fully saturated rings. The van der Waals surface area contributed by atoms with Crippen LogP contribution in [0.25, 0.3) is 5.82 Å². The van der Waals surface area contributed by atoms with Gasteiger partial charge in [-0.15, -0.1) is 0 Å². The van der Waals surface area contributed by atoms with Crippen LogP contribution in [0.4, 0.5) is 13.2 Å². The smallest absolute Gasteiger partial charge is 0.418 e. The molecule has 1 N–H and O–H groups in total. The maximum absolute atomic E-state index is 12.8. The molecule has 0 unspecified atom stereocenters. The van der Waals surface area contributed by atoms with Gasteiger partial charge in [0.2, 0.25) is 0 Å². The van der Waals surface area contributed by atoms with Crippen LogP contribution >= 0.6 is 0 Å². The third-order valence-electron chi connectivity index (χ3n) is 2.86. The summed E-state index contributed by atoms with van der Waals surface area (Å²) in [6, 6.07) is 3.38. The molecular formula is C13H8F3N3O2. The normalized spacial score (nSPS) is 11.2. The summed E-state index contributed by atoms with van der Waals surface area (Å²) in [5.74, 6) is -1.75. The monoisotopic (exact) mass is 295 g/mol. The van der Waals surface area contributed by atoms with Crippen LogP contribution in [0.2, 0.25) is 0 Å². The van der Waals surface area contributed by atoms with Crippen molar-refractivity contribution in [3.63, 3.8) is 0 Å². The van der Waals surface area contributed by atoms with E-state index in [0.717, 1.165) is 10.8 Å². The van der Waals surface area contributed by atoms with Crippen molar-refractivity contribution in [1.29, 1.82) is 5.26 Å². The van der Waals surface area contributed by atoms with E-state index in [-0.39, 0.29) is 11.4 Å².